The highest BCUT2D eigenvalue weighted by atomic mass is 16.5. The molecule has 0 bridgehead atoms. The van der Waals surface area contributed by atoms with E-state index in [4.69, 9.17) is 4.74 Å². The average Bonchev–Trinajstić information content (AvgIpc) is 3.08. The molecule has 3 rings (SSSR count). The van der Waals surface area contributed by atoms with E-state index >= 15 is 0 Å². The van der Waals surface area contributed by atoms with Gasteiger partial charge in [-0.1, -0.05) is 61.9 Å². The Hall–Kier alpha value is -2.88. The van der Waals surface area contributed by atoms with Gasteiger partial charge in [0.25, 0.3) is 5.91 Å². The van der Waals surface area contributed by atoms with Gasteiger partial charge in [-0.05, 0) is 48.6 Å². The summed E-state index contributed by atoms with van der Waals surface area (Å²) in [6.45, 7) is 6.18. The van der Waals surface area contributed by atoms with E-state index in [0.717, 1.165) is 35.1 Å². The molecule has 1 N–H and O–H groups in total. The van der Waals surface area contributed by atoms with E-state index in [1.807, 2.05) is 55.5 Å². The second-order valence-electron chi connectivity index (χ2n) is 7.61. The number of rotatable bonds is 7. The van der Waals surface area contributed by atoms with Crippen molar-refractivity contribution in [2.45, 2.75) is 52.0 Å². The lowest BCUT2D eigenvalue weighted by Crippen LogP contribution is -2.56. The number of nitrogens with one attached hydrogen (secondary N) is 1. The molecule has 0 radical (unpaired) electrons. The molecular formula is C25H29NO3. The summed E-state index contributed by atoms with van der Waals surface area (Å²) >= 11 is 0. The van der Waals surface area contributed by atoms with E-state index in [0.29, 0.717) is 18.4 Å². The molecule has 0 spiro atoms. The maximum atomic E-state index is 13.3. The number of aryl methyl sites for hydroxylation is 1. The molecule has 152 valence electrons. The van der Waals surface area contributed by atoms with Crippen molar-refractivity contribution in [3.63, 3.8) is 0 Å². The number of esters is 1. The van der Waals surface area contributed by atoms with Crippen molar-refractivity contribution in [3.8, 4) is 0 Å². The fourth-order valence-corrected chi connectivity index (χ4v) is 3.92. The highest BCUT2D eigenvalue weighted by Gasteiger charge is 2.46. The van der Waals surface area contributed by atoms with E-state index in [2.05, 4.69) is 18.3 Å². The van der Waals surface area contributed by atoms with Crippen molar-refractivity contribution in [1.82, 2.24) is 5.32 Å². The molecule has 1 amide bonds. The zero-order valence-electron chi connectivity index (χ0n) is 17.5. The number of hydrogen-bond acceptors (Lipinski definition) is 3. The van der Waals surface area contributed by atoms with Gasteiger partial charge in [-0.25, -0.2) is 4.79 Å². The predicted octanol–water partition coefficient (Wildman–Crippen LogP) is 4.64. The monoisotopic (exact) mass is 391 g/mol. The number of allylic oxidation sites excluding steroid dienone is 1. The zero-order chi connectivity index (χ0) is 20.9. The van der Waals surface area contributed by atoms with E-state index in [-0.39, 0.29) is 18.5 Å². The van der Waals surface area contributed by atoms with Crippen LogP contribution in [0.1, 0.15) is 59.3 Å². The van der Waals surface area contributed by atoms with Crippen molar-refractivity contribution in [2.75, 3.05) is 6.61 Å². The first-order valence-corrected chi connectivity index (χ1v) is 10.3. The molecule has 4 heteroatoms. The maximum Gasteiger partial charge on any atom is 0.332 e. The lowest BCUT2D eigenvalue weighted by atomic mass is 9.93. The summed E-state index contributed by atoms with van der Waals surface area (Å²) in [5.74, 6) is -0.619. The molecule has 0 aliphatic heterocycles. The second-order valence-corrected chi connectivity index (χ2v) is 7.61. The van der Waals surface area contributed by atoms with Crippen molar-refractivity contribution >= 4 is 18.0 Å². The smallest absolute Gasteiger partial charge is 0.332 e. The van der Waals surface area contributed by atoms with Gasteiger partial charge in [-0.2, -0.15) is 0 Å². The topological polar surface area (TPSA) is 55.4 Å². The summed E-state index contributed by atoms with van der Waals surface area (Å²) in [7, 11) is 0. The average molecular weight is 392 g/mol. The SMILES string of the molecule is CCC/C=C/c1c(C)cccc1C(=O)NC1(C(=O)OCC)Cc2ccccc2C1. The van der Waals surface area contributed by atoms with Crippen LogP contribution in [0.2, 0.25) is 0 Å². The number of fused-ring (bicyclic) bond motifs is 1. The molecule has 29 heavy (non-hydrogen) atoms. The van der Waals surface area contributed by atoms with Crippen molar-refractivity contribution in [1.29, 1.82) is 0 Å². The first-order valence-electron chi connectivity index (χ1n) is 10.3. The summed E-state index contributed by atoms with van der Waals surface area (Å²) in [6.07, 6.45) is 6.99. The summed E-state index contributed by atoms with van der Waals surface area (Å²) < 4.78 is 5.36. The van der Waals surface area contributed by atoms with Crippen molar-refractivity contribution in [2.24, 2.45) is 0 Å². The van der Waals surface area contributed by atoms with Gasteiger partial charge >= 0.3 is 5.97 Å². The zero-order valence-corrected chi connectivity index (χ0v) is 17.5. The number of carbonyl (C=O) groups is 2. The fraction of sp³-hybridized carbons (Fsp3) is 0.360. The Labute approximate surface area is 173 Å². The number of carbonyl (C=O) groups excluding carboxylic acids is 2. The van der Waals surface area contributed by atoms with E-state index < -0.39 is 5.54 Å². The normalized spacial score (nSPS) is 14.6. The number of unbranched alkanes of at least 4 members (excludes halogenated alkanes) is 1. The number of benzene rings is 2. The molecule has 4 nitrogen and oxygen atoms in total. The van der Waals surface area contributed by atoms with Crippen LogP contribution in [0, 0.1) is 6.92 Å². The van der Waals surface area contributed by atoms with Gasteiger partial charge in [0.15, 0.2) is 0 Å². The van der Waals surface area contributed by atoms with Gasteiger partial charge in [0, 0.05) is 18.4 Å². The first kappa shape index (κ1) is 20.8. The Morgan fingerprint density at radius 1 is 1.07 bits per heavy atom. The summed E-state index contributed by atoms with van der Waals surface area (Å²) in [5, 5.41) is 3.05. The first-order chi connectivity index (χ1) is 14.0. The molecule has 0 saturated heterocycles. The number of hydrogen-bond donors (Lipinski definition) is 1. The van der Waals surface area contributed by atoms with E-state index in [1.165, 1.54) is 0 Å². The van der Waals surface area contributed by atoms with Crippen LogP contribution in [-0.2, 0) is 22.4 Å². The highest BCUT2D eigenvalue weighted by molar-refractivity contribution is 6.01. The largest absolute Gasteiger partial charge is 0.464 e. The molecule has 0 saturated carbocycles. The maximum absolute atomic E-state index is 13.3. The molecular weight excluding hydrogens is 362 g/mol. The minimum Gasteiger partial charge on any atom is -0.464 e. The second kappa shape index (κ2) is 9.08. The van der Waals surface area contributed by atoms with Crippen LogP contribution < -0.4 is 5.32 Å². The lowest BCUT2D eigenvalue weighted by Gasteiger charge is -2.28. The Morgan fingerprint density at radius 3 is 2.38 bits per heavy atom. The van der Waals surface area contributed by atoms with Crippen LogP contribution in [0.5, 0.6) is 0 Å². The van der Waals surface area contributed by atoms with Crippen molar-refractivity contribution < 1.29 is 14.3 Å². The van der Waals surface area contributed by atoms with Gasteiger partial charge in [0.2, 0.25) is 0 Å². The molecule has 2 aromatic rings. The third kappa shape index (κ3) is 4.42. The Balaban J connectivity index is 1.93. The Morgan fingerprint density at radius 2 is 1.76 bits per heavy atom. The number of amides is 1. The van der Waals surface area contributed by atoms with Gasteiger partial charge in [0.05, 0.1) is 6.61 Å². The van der Waals surface area contributed by atoms with Crippen LogP contribution >= 0.6 is 0 Å². The van der Waals surface area contributed by atoms with Gasteiger partial charge in [0.1, 0.15) is 5.54 Å². The summed E-state index contributed by atoms with van der Waals surface area (Å²) in [6, 6.07) is 13.6. The molecule has 0 unspecified atom stereocenters. The van der Waals surface area contributed by atoms with Gasteiger partial charge < -0.3 is 10.1 Å². The Bertz CT molecular complexity index is 904. The van der Waals surface area contributed by atoms with E-state index in [9.17, 15) is 9.59 Å². The van der Waals surface area contributed by atoms with Gasteiger partial charge in [-0.15, -0.1) is 0 Å². The third-order valence-corrected chi connectivity index (χ3v) is 5.43. The minimum atomic E-state index is -1.06. The standard InChI is InChI=1S/C25H29NO3/c1-4-6-7-14-21-18(3)11-10-15-22(21)23(27)26-25(24(28)29-5-2)16-19-12-8-9-13-20(19)17-25/h7-15H,4-6,16-17H2,1-3H3,(H,26,27)/b14-7+. The lowest BCUT2D eigenvalue weighted by molar-refractivity contribution is -0.150. The molecule has 1 aliphatic rings. The van der Waals surface area contributed by atoms with E-state index in [1.54, 1.807) is 6.92 Å². The predicted molar refractivity (Wildman–Crippen MR) is 116 cm³/mol. The molecule has 2 aromatic carbocycles. The van der Waals surface area contributed by atoms with Crippen LogP contribution in [-0.4, -0.2) is 24.0 Å². The molecule has 0 fully saturated rings. The quantitative estimate of drug-likeness (QED) is 0.700. The molecule has 0 aromatic heterocycles. The molecule has 0 atom stereocenters. The highest BCUT2D eigenvalue weighted by Crippen LogP contribution is 2.32. The van der Waals surface area contributed by atoms with Crippen LogP contribution in [0.25, 0.3) is 6.08 Å². The third-order valence-electron chi connectivity index (χ3n) is 5.43. The van der Waals surface area contributed by atoms with Crippen LogP contribution in [0.4, 0.5) is 0 Å². The fourth-order valence-electron chi connectivity index (χ4n) is 3.92. The summed E-state index contributed by atoms with van der Waals surface area (Å²) in [5.41, 5.74) is 3.60. The molecule has 1 aliphatic carbocycles. The minimum absolute atomic E-state index is 0.245. The summed E-state index contributed by atoms with van der Waals surface area (Å²) in [4.78, 5) is 26.2. The van der Waals surface area contributed by atoms with Crippen LogP contribution in [0.15, 0.2) is 48.5 Å². The van der Waals surface area contributed by atoms with Gasteiger partial charge in [-0.3, -0.25) is 4.79 Å². The molecule has 0 heterocycles. The van der Waals surface area contributed by atoms with Crippen LogP contribution in [0.3, 0.4) is 0 Å². The Kier molecular flexibility index (Phi) is 6.53. The number of ether oxygens (including phenoxy) is 1. The van der Waals surface area contributed by atoms with Crippen molar-refractivity contribution in [3.05, 3.63) is 76.4 Å².